The van der Waals surface area contributed by atoms with Gasteiger partial charge in [-0.1, -0.05) is 0 Å². The van der Waals surface area contributed by atoms with Crippen LogP contribution in [0.15, 0.2) is 28.9 Å². The second kappa shape index (κ2) is 5.19. The summed E-state index contributed by atoms with van der Waals surface area (Å²) in [6.45, 7) is 0.0484. The first-order valence-electron chi connectivity index (χ1n) is 6.20. The molecule has 0 aliphatic heterocycles. The molecule has 9 heteroatoms. The van der Waals surface area contributed by atoms with Gasteiger partial charge >= 0.3 is 0 Å². The van der Waals surface area contributed by atoms with Gasteiger partial charge in [0.15, 0.2) is 5.58 Å². The van der Waals surface area contributed by atoms with E-state index in [4.69, 9.17) is 4.42 Å². The predicted molar refractivity (Wildman–Crippen MR) is 74.8 cm³/mol. The van der Waals surface area contributed by atoms with Gasteiger partial charge in [-0.2, -0.15) is 4.98 Å². The highest BCUT2D eigenvalue weighted by Crippen LogP contribution is 2.23. The van der Waals surface area contributed by atoms with Crippen molar-refractivity contribution in [3.8, 4) is 0 Å². The van der Waals surface area contributed by atoms with Crippen LogP contribution < -0.4 is 10.2 Å². The van der Waals surface area contributed by atoms with Crippen molar-refractivity contribution in [3.63, 3.8) is 0 Å². The number of hydrogen-bond acceptors (Lipinski definition) is 7. The quantitative estimate of drug-likeness (QED) is 0.746. The maximum Gasteiger partial charge on any atom is 0.297 e. The summed E-state index contributed by atoms with van der Waals surface area (Å²) in [5, 5.41) is 13.3. The lowest BCUT2D eigenvalue weighted by Crippen LogP contribution is -2.19. The Morgan fingerprint density at radius 1 is 1.43 bits per heavy atom. The number of carbonyl (C=O) groups excluding carboxylic acids is 1. The third kappa shape index (κ3) is 2.81. The van der Waals surface area contributed by atoms with E-state index in [1.165, 1.54) is 11.0 Å². The molecule has 0 fully saturated rings. The number of anilines is 2. The Morgan fingerprint density at radius 3 is 3.00 bits per heavy atom. The van der Waals surface area contributed by atoms with Gasteiger partial charge in [-0.3, -0.25) is 4.79 Å². The molecule has 0 bridgehead atoms. The molecule has 0 saturated carbocycles. The first-order chi connectivity index (χ1) is 10.1. The van der Waals surface area contributed by atoms with E-state index in [0.29, 0.717) is 22.8 Å². The number of oxazole rings is 1. The fraction of sp³-hybridized carbons (Fsp3) is 0.250. The molecule has 2 aromatic heterocycles. The van der Waals surface area contributed by atoms with Gasteiger partial charge in [0.2, 0.25) is 5.91 Å². The number of nitrogens with one attached hydrogen (secondary N) is 1. The van der Waals surface area contributed by atoms with Crippen LogP contribution in [0.5, 0.6) is 0 Å². The largest absolute Gasteiger partial charge is 0.423 e. The molecule has 0 atom stereocenters. The van der Waals surface area contributed by atoms with Crippen LogP contribution in [-0.4, -0.2) is 45.2 Å². The van der Waals surface area contributed by atoms with Crippen molar-refractivity contribution >= 4 is 28.7 Å². The van der Waals surface area contributed by atoms with Crippen molar-refractivity contribution in [2.75, 3.05) is 24.3 Å². The fourth-order valence-corrected chi connectivity index (χ4v) is 1.78. The Bertz CT molecular complexity index is 763. The van der Waals surface area contributed by atoms with Gasteiger partial charge in [0.25, 0.3) is 6.01 Å². The molecule has 0 radical (unpaired) electrons. The van der Waals surface area contributed by atoms with Gasteiger partial charge in [0.1, 0.15) is 18.4 Å². The lowest BCUT2D eigenvalue weighted by molar-refractivity contribution is -0.116. The smallest absolute Gasteiger partial charge is 0.297 e. The molecule has 9 nitrogen and oxygen atoms in total. The van der Waals surface area contributed by atoms with Crippen LogP contribution in [-0.2, 0) is 11.3 Å². The number of aromatic nitrogens is 5. The van der Waals surface area contributed by atoms with Crippen molar-refractivity contribution < 1.29 is 9.21 Å². The topological polar surface area (TPSA) is 102 Å². The predicted octanol–water partition coefficient (Wildman–Crippen LogP) is 0.519. The number of benzene rings is 1. The standard InChI is InChI=1S/C12H13N7O2/c1-18(2)12-15-9-5-8(3-4-10(9)21-12)14-11(20)6-19-7-13-16-17-19/h3-5,7H,6H2,1-2H3,(H,14,20). The number of hydrogen-bond donors (Lipinski definition) is 1. The molecule has 1 aromatic carbocycles. The van der Waals surface area contributed by atoms with Crippen molar-refractivity contribution in [2.45, 2.75) is 6.54 Å². The van der Waals surface area contributed by atoms with E-state index in [-0.39, 0.29) is 12.5 Å². The van der Waals surface area contributed by atoms with E-state index in [1.807, 2.05) is 14.1 Å². The lowest BCUT2D eigenvalue weighted by atomic mass is 10.3. The Labute approximate surface area is 119 Å². The minimum atomic E-state index is -0.224. The summed E-state index contributed by atoms with van der Waals surface area (Å²) in [6, 6.07) is 5.79. The van der Waals surface area contributed by atoms with Crippen molar-refractivity contribution in [3.05, 3.63) is 24.5 Å². The lowest BCUT2D eigenvalue weighted by Gasteiger charge is -2.03. The maximum absolute atomic E-state index is 11.8. The summed E-state index contributed by atoms with van der Waals surface area (Å²) in [5.41, 5.74) is 1.98. The summed E-state index contributed by atoms with van der Waals surface area (Å²) < 4.78 is 6.89. The van der Waals surface area contributed by atoms with E-state index in [0.717, 1.165) is 0 Å². The third-order valence-corrected chi connectivity index (χ3v) is 2.74. The van der Waals surface area contributed by atoms with Crippen molar-refractivity contribution in [1.82, 2.24) is 25.2 Å². The zero-order valence-electron chi connectivity index (χ0n) is 11.5. The summed E-state index contributed by atoms with van der Waals surface area (Å²) >= 11 is 0. The van der Waals surface area contributed by atoms with Gasteiger partial charge in [-0.25, -0.2) is 4.68 Å². The van der Waals surface area contributed by atoms with E-state index in [2.05, 4.69) is 25.8 Å². The number of carbonyl (C=O) groups is 1. The molecular formula is C12H13N7O2. The minimum Gasteiger partial charge on any atom is -0.423 e. The first kappa shape index (κ1) is 13.0. The molecule has 2 heterocycles. The molecule has 3 aromatic rings. The van der Waals surface area contributed by atoms with Crippen LogP contribution >= 0.6 is 0 Å². The zero-order chi connectivity index (χ0) is 14.8. The van der Waals surface area contributed by atoms with Gasteiger partial charge in [0, 0.05) is 19.8 Å². The van der Waals surface area contributed by atoms with E-state index >= 15 is 0 Å². The number of rotatable bonds is 4. The summed E-state index contributed by atoms with van der Waals surface area (Å²) in [7, 11) is 3.69. The van der Waals surface area contributed by atoms with Crippen molar-refractivity contribution in [2.24, 2.45) is 0 Å². The Balaban J connectivity index is 1.76. The van der Waals surface area contributed by atoms with Gasteiger partial charge in [-0.05, 0) is 28.6 Å². The van der Waals surface area contributed by atoms with Crippen molar-refractivity contribution in [1.29, 1.82) is 0 Å². The van der Waals surface area contributed by atoms with Crippen LogP contribution in [0.25, 0.3) is 11.1 Å². The second-order valence-corrected chi connectivity index (χ2v) is 4.63. The van der Waals surface area contributed by atoms with Crippen LogP contribution in [0.2, 0.25) is 0 Å². The number of tetrazole rings is 1. The first-order valence-corrected chi connectivity index (χ1v) is 6.20. The Hall–Kier alpha value is -2.97. The Kier molecular flexibility index (Phi) is 3.22. The molecular weight excluding hydrogens is 274 g/mol. The molecule has 1 N–H and O–H groups in total. The third-order valence-electron chi connectivity index (χ3n) is 2.74. The molecule has 21 heavy (non-hydrogen) atoms. The number of nitrogens with zero attached hydrogens (tertiary/aromatic N) is 6. The highest BCUT2D eigenvalue weighted by molar-refractivity contribution is 5.92. The minimum absolute atomic E-state index is 0.0484. The molecule has 3 rings (SSSR count). The highest BCUT2D eigenvalue weighted by atomic mass is 16.4. The SMILES string of the molecule is CN(C)c1nc2cc(NC(=O)Cn3cnnn3)ccc2o1. The number of amides is 1. The summed E-state index contributed by atoms with van der Waals surface area (Å²) in [4.78, 5) is 17.9. The average molecular weight is 287 g/mol. The maximum atomic E-state index is 11.8. The highest BCUT2D eigenvalue weighted by Gasteiger charge is 2.10. The average Bonchev–Trinajstić information content (AvgIpc) is 3.06. The summed E-state index contributed by atoms with van der Waals surface area (Å²) in [6.07, 6.45) is 1.38. The zero-order valence-corrected chi connectivity index (χ0v) is 11.5. The van der Waals surface area contributed by atoms with Crippen LogP contribution in [0, 0.1) is 0 Å². The number of fused-ring (bicyclic) bond motifs is 1. The normalized spacial score (nSPS) is 10.8. The molecule has 0 spiro atoms. The summed E-state index contributed by atoms with van der Waals surface area (Å²) in [5.74, 6) is -0.224. The van der Waals surface area contributed by atoms with E-state index in [1.54, 1.807) is 23.1 Å². The van der Waals surface area contributed by atoms with Crippen LogP contribution in [0.4, 0.5) is 11.7 Å². The molecule has 0 aliphatic carbocycles. The monoisotopic (exact) mass is 287 g/mol. The molecule has 1 amide bonds. The fourth-order valence-electron chi connectivity index (χ4n) is 1.78. The molecule has 108 valence electrons. The second-order valence-electron chi connectivity index (χ2n) is 4.63. The molecule has 0 saturated heterocycles. The van der Waals surface area contributed by atoms with E-state index < -0.39 is 0 Å². The van der Waals surface area contributed by atoms with Gasteiger partial charge in [-0.15, -0.1) is 5.10 Å². The Morgan fingerprint density at radius 2 is 2.29 bits per heavy atom. The van der Waals surface area contributed by atoms with Gasteiger partial charge in [0.05, 0.1) is 0 Å². The molecule has 0 aliphatic rings. The van der Waals surface area contributed by atoms with Gasteiger partial charge < -0.3 is 14.6 Å². The molecule has 0 unspecified atom stereocenters. The van der Waals surface area contributed by atoms with Crippen LogP contribution in [0.1, 0.15) is 0 Å². The van der Waals surface area contributed by atoms with E-state index in [9.17, 15) is 4.79 Å². The van der Waals surface area contributed by atoms with Crippen LogP contribution in [0.3, 0.4) is 0 Å².